The van der Waals surface area contributed by atoms with Gasteiger partial charge >= 0.3 is 0 Å². The molecular formula is C19H39IN4O2. The smallest absolute Gasteiger partial charge is 0.191 e. The molecule has 0 aromatic heterocycles. The largest absolute Gasteiger partial charge is 0.389 e. The number of aliphatic imine (C=N–C) groups is 1. The SMILES string of the molecule is CCNC(=NCC(O)COCC1CC1)NC1CCN(CC(C)C)CC1.I. The maximum atomic E-state index is 10.0. The number of piperidine rings is 1. The first kappa shape index (κ1) is 23.9. The normalized spacial score (nSPS) is 20.7. The first-order chi connectivity index (χ1) is 12.1. The quantitative estimate of drug-likeness (QED) is 0.253. The van der Waals surface area contributed by atoms with Crippen LogP contribution in [-0.2, 0) is 4.74 Å². The minimum absolute atomic E-state index is 0. The van der Waals surface area contributed by atoms with Gasteiger partial charge in [0.2, 0.25) is 0 Å². The van der Waals surface area contributed by atoms with Gasteiger partial charge in [-0.25, -0.2) is 0 Å². The summed E-state index contributed by atoms with van der Waals surface area (Å²) < 4.78 is 5.54. The molecule has 3 N–H and O–H groups in total. The van der Waals surface area contributed by atoms with Gasteiger partial charge in [0.15, 0.2) is 5.96 Å². The Balaban J connectivity index is 0.00000338. The third kappa shape index (κ3) is 10.3. The number of aliphatic hydroxyl groups is 1. The number of aliphatic hydroxyl groups excluding tert-OH is 1. The molecule has 1 aliphatic carbocycles. The molecule has 2 rings (SSSR count). The summed E-state index contributed by atoms with van der Waals surface area (Å²) in [5.41, 5.74) is 0. The average Bonchev–Trinajstić information content (AvgIpc) is 3.38. The van der Waals surface area contributed by atoms with Gasteiger partial charge in [0, 0.05) is 38.8 Å². The highest BCUT2D eigenvalue weighted by Crippen LogP contribution is 2.28. The molecule has 0 spiro atoms. The standard InChI is InChI=1S/C19H38N4O2.HI/c1-4-20-19(21-11-18(24)14-25-13-16-5-6-16)22-17-7-9-23(10-8-17)12-15(2)3;/h15-18,24H,4-14H2,1-3H3,(H2,20,21,22);1H. The van der Waals surface area contributed by atoms with Crippen molar-refractivity contribution in [2.45, 2.75) is 58.6 Å². The lowest BCUT2D eigenvalue weighted by molar-refractivity contribution is 0.0368. The lowest BCUT2D eigenvalue weighted by atomic mass is 10.0. The van der Waals surface area contributed by atoms with E-state index in [1.54, 1.807) is 0 Å². The summed E-state index contributed by atoms with van der Waals surface area (Å²) in [6, 6.07) is 0.462. The second kappa shape index (κ2) is 13.1. The number of likely N-dealkylation sites (tertiary alicyclic amines) is 1. The van der Waals surface area contributed by atoms with Gasteiger partial charge < -0.3 is 25.4 Å². The van der Waals surface area contributed by atoms with E-state index in [2.05, 4.69) is 41.3 Å². The number of halogens is 1. The van der Waals surface area contributed by atoms with Crippen molar-refractivity contribution >= 4 is 29.9 Å². The Morgan fingerprint density at radius 2 is 1.92 bits per heavy atom. The van der Waals surface area contributed by atoms with E-state index in [-0.39, 0.29) is 24.0 Å². The molecule has 1 saturated carbocycles. The van der Waals surface area contributed by atoms with Crippen LogP contribution in [0.3, 0.4) is 0 Å². The summed E-state index contributed by atoms with van der Waals surface area (Å²) in [6.07, 6.45) is 4.31. The lowest BCUT2D eigenvalue weighted by Crippen LogP contribution is -2.49. The molecule has 0 amide bonds. The van der Waals surface area contributed by atoms with Crippen LogP contribution in [0.1, 0.15) is 46.5 Å². The molecule has 7 heteroatoms. The Labute approximate surface area is 176 Å². The maximum Gasteiger partial charge on any atom is 0.191 e. The Bertz CT molecular complexity index is 397. The molecule has 1 saturated heterocycles. The zero-order valence-electron chi connectivity index (χ0n) is 16.7. The number of guanidine groups is 1. The van der Waals surface area contributed by atoms with Crippen molar-refractivity contribution in [2.24, 2.45) is 16.8 Å². The number of nitrogens with zero attached hydrogens (tertiary/aromatic N) is 2. The van der Waals surface area contributed by atoms with Crippen molar-refractivity contribution in [1.82, 2.24) is 15.5 Å². The second-order valence-electron chi connectivity index (χ2n) is 7.97. The predicted octanol–water partition coefficient (Wildman–Crippen LogP) is 2.07. The lowest BCUT2D eigenvalue weighted by Gasteiger charge is -2.34. The van der Waals surface area contributed by atoms with E-state index in [1.165, 1.54) is 19.4 Å². The highest BCUT2D eigenvalue weighted by molar-refractivity contribution is 14.0. The van der Waals surface area contributed by atoms with E-state index < -0.39 is 6.10 Å². The first-order valence-corrected chi connectivity index (χ1v) is 10.1. The molecule has 0 aromatic carbocycles. The molecule has 0 radical (unpaired) electrons. The third-order valence-corrected chi connectivity index (χ3v) is 4.72. The zero-order chi connectivity index (χ0) is 18.1. The monoisotopic (exact) mass is 482 g/mol. The molecule has 2 fully saturated rings. The van der Waals surface area contributed by atoms with E-state index in [9.17, 15) is 5.11 Å². The van der Waals surface area contributed by atoms with Gasteiger partial charge in [-0.1, -0.05) is 13.8 Å². The molecular weight excluding hydrogens is 443 g/mol. The summed E-state index contributed by atoms with van der Waals surface area (Å²) in [7, 11) is 0. The zero-order valence-corrected chi connectivity index (χ0v) is 19.1. The Morgan fingerprint density at radius 3 is 2.50 bits per heavy atom. The van der Waals surface area contributed by atoms with Crippen molar-refractivity contribution in [3.8, 4) is 0 Å². The summed E-state index contributed by atoms with van der Waals surface area (Å²) in [4.78, 5) is 7.09. The van der Waals surface area contributed by atoms with Gasteiger partial charge in [-0.2, -0.15) is 0 Å². The molecule has 6 nitrogen and oxygen atoms in total. The predicted molar refractivity (Wildman–Crippen MR) is 118 cm³/mol. The fourth-order valence-corrected chi connectivity index (χ4v) is 3.19. The minimum atomic E-state index is -0.526. The van der Waals surface area contributed by atoms with Crippen LogP contribution in [0.25, 0.3) is 0 Å². The molecule has 1 aliphatic heterocycles. The van der Waals surface area contributed by atoms with Crippen LogP contribution in [0, 0.1) is 11.8 Å². The van der Waals surface area contributed by atoms with Gasteiger partial charge in [-0.05, 0) is 44.4 Å². The Morgan fingerprint density at radius 1 is 1.23 bits per heavy atom. The highest BCUT2D eigenvalue weighted by atomic mass is 127. The van der Waals surface area contributed by atoms with Crippen LogP contribution >= 0.6 is 24.0 Å². The molecule has 1 atom stereocenters. The van der Waals surface area contributed by atoms with Crippen LogP contribution in [-0.4, -0.2) is 74.0 Å². The van der Waals surface area contributed by atoms with Gasteiger partial charge in [0.25, 0.3) is 0 Å². The van der Waals surface area contributed by atoms with Crippen LogP contribution in [0.15, 0.2) is 4.99 Å². The average molecular weight is 482 g/mol. The molecule has 0 bridgehead atoms. The van der Waals surface area contributed by atoms with E-state index in [1.807, 2.05) is 0 Å². The van der Waals surface area contributed by atoms with E-state index >= 15 is 0 Å². The van der Waals surface area contributed by atoms with Crippen molar-refractivity contribution in [3.63, 3.8) is 0 Å². The topological polar surface area (TPSA) is 69.1 Å². The van der Waals surface area contributed by atoms with Crippen LogP contribution in [0.5, 0.6) is 0 Å². The molecule has 1 heterocycles. The van der Waals surface area contributed by atoms with Crippen LogP contribution in [0.4, 0.5) is 0 Å². The molecule has 2 aliphatic rings. The van der Waals surface area contributed by atoms with Crippen molar-refractivity contribution in [2.75, 3.05) is 45.9 Å². The summed E-state index contributed by atoms with van der Waals surface area (Å²) in [6.45, 7) is 12.5. The molecule has 0 aromatic rings. The number of nitrogens with one attached hydrogen (secondary N) is 2. The number of hydrogen-bond acceptors (Lipinski definition) is 4. The molecule has 26 heavy (non-hydrogen) atoms. The highest BCUT2D eigenvalue weighted by Gasteiger charge is 2.22. The van der Waals surface area contributed by atoms with Crippen molar-refractivity contribution in [1.29, 1.82) is 0 Å². The second-order valence-corrected chi connectivity index (χ2v) is 7.97. The van der Waals surface area contributed by atoms with Gasteiger partial charge in [0.05, 0.1) is 19.3 Å². The molecule has 154 valence electrons. The fourth-order valence-electron chi connectivity index (χ4n) is 3.19. The first-order valence-electron chi connectivity index (χ1n) is 10.1. The van der Waals surface area contributed by atoms with Gasteiger partial charge in [0.1, 0.15) is 0 Å². The van der Waals surface area contributed by atoms with Crippen LogP contribution in [0.2, 0.25) is 0 Å². The summed E-state index contributed by atoms with van der Waals surface area (Å²) in [5.74, 6) is 2.27. The fraction of sp³-hybridized carbons (Fsp3) is 0.947. The number of hydrogen-bond donors (Lipinski definition) is 3. The Kier molecular flexibility index (Phi) is 12.1. The van der Waals surface area contributed by atoms with Crippen LogP contribution < -0.4 is 10.6 Å². The van der Waals surface area contributed by atoms with Gasteiger partial charge in [-0.15, -0.1) is 24.0 Å². The molecule has 1 unspecified atom stereocenters. The number of ether oxygens (including phenoxy) is 1. The van der Waals surface area contributed by atoms with E-state index in [4.69, 9.17) is 4.74 Å². The summed E-state index contributed by atoms with van der Waals surface area (Å²) >= 11 is 0. The van der Waals surface area contributed by atoms with Gasteiger partial charge in [-0.3, -0.25) is 4.99 Å². The number of rotatable bonds is 10. The minimum Gasteiger partial charge on any atom is -0.389 e. The third-order valence-electron chi connectivity index (χ3n) is 4.72. The summed E-state index contributed by atoms with van der Waals surface area (Å²) in [5, 5.41) is 16.8. The van der Waals surface area contributed by atoms with Crippen molar-refractivity contribution < 1.29 is 9.84 Å². The van der Waals surface area contributed by atoms with E-state index in [0.717, 1.165) is 56.9 Å². The van der Waals surface area contributed by atoms with Crippen molar-refractivity contribution in [3.05, 3.63) is 0 Å². The Hall–Kier alpha value is -0.120. The van der Waals surface area contributed by atoms with E-state index in [0.29, 0.717) is 19.2 Å². The maximum absolute atomic E-state index is 10.0.